The van der Waals surface area contributed by atoms with Crippen LogP contribution in [-0.2, 0) is 30.5 Å². The van der Waals surface area contributed by atoms with E-state index in [0.29, 0.717) is 19.0 Å². The van der Waals surface area contributed by atoms with Crippen LogP contribution in [-0.4, -0.2) is 72.3 Å². The van der Waals surface area contributed by atoms with Crippen molar-refractivity contribution in [3.05, 3.63) is 23.8 Å². The Morgan fingerprint density at radius 1 is 0.526 bits per heavy atom. The van der Waals surface area contributed by atoms with Gasteiger partial charge in [0, 0.05) is 23.1 Å². The highest BCUT2D eigenvalue weighted by atomic mass is 33.1. The van der Waals surface area contributed by atoms with E-state index in [9.17, 15) is 19.2 Å². The fourth-order valence-corrected chi connectivity index (χ4v) is 12.2. The van der Waals surface area contributed by atoms with Gasteiger partial charge in [0.2, 0.25) is 11.8 Å². The zero-order valence-corrected chi connectivity index (χ0v) is 52.5. The minimum atomic E-state index is -0.964. The number of esters is 1. The first-order chi connectivity index (χ1) is 37.9. The Balaban J connectivity index is 1.78. The SMILES string of the molecule is CCCCCCCCCCCCCCCCCCCCCCOc1ccc(COC(=O)C2CSSC[C@H](NC(=O)OC(C)(C)C)C(=O)N[C@@H](C)C(=O)N2)c(OCCCCCCCCCCCCCCCCCCCCCC)c1. The van der Waals surface area contributed by atoms with E-state index in [1.807, 2.05) is 18.2 Å². The molecule has 1 aliphatic rings. The van der Waals surface area contributed by atoms with Gasteiger partial charge in [0.25, 0.3) is 0 Å². The molecule has 1 aromatic rings. The first-order valence-electron chi connectivity index (χ1n) is 32.3. The quantitative estimate of drug-likeness (QED) is 0.0328. The second kappa shape index (κ2) is 48.9. The molecule has 0 aromatic heterocycles. The van der Waals surface area contributed by atoms with Gasteiger partial charge in [-0.2, -0.15) is 0 Å². The van der Waals surface area contributed by atoms with Crippen LogP contribution in [0.4, 0.5) is 4.79 Å². The molecule has 13 heteroatoms. The maximum Gasteiger partial charge on any atom is 0.408 e. The second-order valence-electron chi connectivity index (χ2n) is 23.6. The molecule has 1 saturated heterocycles. The topological polar surface area (TPSA) is 141 Å². The van der Waals surface area contributed by atoms with E-state index < -0.39 is 47.6 Å². The molecular weight excluding hydrogens is 1010 g/mol. The summed E-state index contributed by atoms with van der Waals surface area (Å²) in [5.41, 5.74) is -0.0153. The van der Waals surface area contributed by atoms with Crippen LogP contribution in [0, 0.1) is 0 Å². The summed E-state index contributed by atoms with van der Waals surface area (Å²) in [6, 6.07) is 2.87. The van der Waals surface area contributed by atoms with Gasteiger partial charge in [-0.25, -0.2) is 9.59 Å². The molecule has 2 rings (SSSR count). The van der Waals surface area contributed by atoms with Crippen molar-refractivity contribution >= 4 is 45.5 Å². The van der Waals surface area contributed by atoms with E-state index >= 15 is 0 Å². The number of ether oxygens (including phenoxy) is 4. The molecule has 0 aliphatic carbocycles. The largest absolute Gasteiger partial charge is 0.493 e. The van der Waals surface area contributed by atoms with Gasteiger partial charge in [-0.15, -0.1) is 0 Å². The molecule has 0 spiro atoms. The Morgan fingerprint density at radius 3 is 1.32 bits per heavy atom. The number of benzene rings is 1. The van der Waals surface area contributed by atoms with E-state index in [2.05, 4.69) is 29.8 Å². The minimum absolute atomic E-state index is 0.0363. The number of alkyl carbamates (subject to hydrolysis) is 1. The molecule has 0 radical (unpaired) electrons. The maximum atomic E-state index is 13.6. The van der Waals surface area contributed by atoms with E-state index in [1.165, 1.54) is 260 Å². The van der Waals surface area contributed by atoms with Crippen LogP contribution in [0.1, 0.15) is 304 Å². The zero-order chi connectivity index (χ0) is 56.6. The number of hydrogen-bond acceptors (Lipinski definition) is 10. The Labute approximate surface area is 485 Å². The predicted molar refractivity (Wildman–Crippen MR) is 331 cm³/mol. The van der Waals surface area contributed by atoms with Gasteiger partial charge in [0.1, 0.15) is 41.8 Å². The van der Waals surface area contributed by atoms with Crippen molar-refractivity contribution in [1.82, 2.24) is 16.0 Å². The van der Waals surface area contributed by atoms with Gasteiger partial charge in [-0.3, -0.25) is 9.59 Å². The van der Waals surface area contributed by atoms with Crippen molar-refractivity contribution in [3.8, 4) is 11.5 Å². The van der Waals surface area contributed by atoms with Gasteiger partial charge >= 0.3 is 12.1 Å². The van der Waals surface area contributed by atoms with Crippen LogP contribution in [0.15, 0.2) is 18.2 Å². The summed E-state index contributed by atoms with van der Waals surface area (Å²) in [4.78, 5) is 52.5. The number of amides is 3. The highest BCUT2D eigenvalue weighted by Gasteiger charge is 2.31. The third-order valence-corrected chi connectivity index (χ3v) is 17.3. The summed E-state index contributed by atoms with van der Waals surface area (Å²) >= 11 is 0. The first kappa shape index (κ1) is 71.3. The standard InChI is InChI=1S/C65H117N3O8S2/c1-7-9-11-13-15-17-19-21-23-25-27-29-31-33-35-37-39-41-43-45-49-73-57-48-47-56(60(51-57)74-50-46-44-42-40-38-36-34-32-30-28-26-24-22-20-18-16-14-12-10-8-2)52-75-63(71)59-54-78-77-53-58(68-64(72)76-65(4,5)6)62(70)66-55(3)61(69)67-59/h47-48,51,55,58-59H,7-46,49-50,52-54H2,1-6H3,(H,66,70)(H,67,69)(H,68,72)/t55-,58-,59?/m0/s1. The lowest BCUT2D eigenvalue weighted by Gasteiger charge is -2.23. The molecule has 78 heavy (non-hydrogen) atoms. The molecular formula is C65H117N3O8S2. The normalized spacial score (nSPS) is 16.3. The number of carbonyl (C=O) groups is 4. The molecule has 1 heterocycles. The number of unbranched alkanes of at least 4 members (excludes halogenated alkanes) is 38. The fraction of sp³-hybridized carbons (Fsp3) is 0.846. The van der Waals surface area contributed by atoms with Crippen LogP contribution in [0.3, 0.4) is 0 Å². The zero-order valence-electron chi connectivity index (χ0n) is 50.9. The van der Waals surface area contributed by atoms with Crippen molar-refractivity contribution in [1.29, 1.82) is 0 Å². The fourth-order valence-electron chi connectivity index (χ4n) is 9.92. The summed E-state index contributed by atoms with van der Waals surface area (Å²) < 4.78 is 23.9. The molecule has 3 amide bonds. The van der Waals surface area contributed by atoms with E-state index in [-0.39, 0.29) is 18.1 Å². The lowest BCUT2D eigenvalue weighted by atomic mass is 10.0. The maximum absolute atomic E-state index is 13.6. The smallest absolute Gasteiger partial charge is 0.408 e. The highest BCUT2D eigenvalue weighted by molar-refractivity contribution is 8.76. The lowest BCUT2D eigenvalue weighted by molar-refractivity contribution is -0.148. The Morgan fingerprint density at radius 2 is 0.910 bits per heavy atom. The predicted octanol–water partition coefficient (Wildman–Crippen LogP) is 18.4. The van der Waals surface area contributed by atoms with Gasteiger partial charge in [-0.05, 0) is 52.7 Å². The molecule has 1 aliphatic heterocycles. The Hall–Kier alpha value is -2.80. The molecule has 11 nitrogen and oxygen atoms in total. The molecule has 1 fully saturated rings. The molecule has 1 unspecified atom stereocenters. The molecule has 1 aromatic carbocycles. The van der Waals surface area contributed by atoms with Crippen molar-refractivity contribution in [2.75, 3.05) is 24.7 Å². The summed E-state index contributed by atoms with van der Waals surface area (Å²) in [7, 11) is 2.63. The number of carbonyl (C=O) groups excluding carboxylic acids is 4. The summed E-state index contributed by atoms with van der Waals surface area (Å²) in [5, 5.41) is 8.04. The monoisotopic (exact) mass is 1130 g/mol. The van der Waals surface area contributed by atoms with Crippen LogP contribution in [0.5, 0.6) is 11.5 Å². The molecule has 0 saturated carbocycles. The van der Waals surface area contributed by atoms with Crippen molar-refractivity contribution in [3.63, 3.8) is 0 Å². The Bertz CT molecular complexity index is 1640. The molecule has 0 bridgehead atoms. The second-order valence-corrected chi connectivity index (χ2v) is 26.1. The molecule has 3 N–H and O–H groups in total. The van der Waals surface area contributed by atoms with Gasteiger partial charge < -0.3 is 34.9 Å². The summed E-state index contributed by atoms with van der Waals surface area (Å²) in [5.74, 6) is 0.136. The van der Waals surface area contributed by atoms with Gasteiger partial charge in [0.05, 0.1) is 13.2 Å². The van der Waals surface area contributed by atoms with E-state index in [4.69, 9.17) is 18.9 Å². The summed E-state index contributed by atoms with van der Waals surface area (Å²) in [6.07, 6.45) is 53.1. The van der Waals surface area contributed by atoms with Crippen LogP contribution in [0.2, 0.25) is 0 Å². The average Bonchev–Trinajstić information content (AvgIpc) is 3.43. The molecule has 3 atom stereocenters. The van der Waals surface area contributed by atoms with Crippen LogP contribution in [0.25, 0.3) is 0 Å². The van der Waals surface area contributed by atoms with Crippen molar-refractivity contribution in [2.24, 2.45) is 0 Å². The third-order valence-electron chi connectivity index (χ3n) is 14.8. The number of nitrogens with one attached hydrogen (secondary N) is 3. The minimum Gasteiger partial charge on any atom is -0.493 e. The number of hydrogen-bond donors (Lipinski definition) is 3. The van der Waals surface area contributed by atoms with E-state index in [1.54, 1.807) is 20.8 Å². The lowest BCUT2D eigenvalue weighted by Crippen LogP contribution is -2.55. The summed E-state index contributed by atoms with van der Waals surface area (Å²) in [6.45, 7) is 12.5. The number of rotatable bonds is 48. The van der Waals surface area contributed by atoms with Gasteiger partial charge in [0.15, 0.2) is 0 Å². The van der Waals surface area contributed by atoms with Crippen LogP contribution >= 0.6 is 21.6 Å². The van der Waals surface area contributed by atoms with Gasteiger partial charge in [-0.1, -0.05) is 279 Å². The third kappa shape index (κ3) is 40.4. The first-order valence-corrected chi connectivity index (χ1v) is 34.8. The van der Waals surface area contributed by atoms with Crippen molar-refractivity contribution in [2.45, 2.75) is 329 Å². The van der Waals surface area contributed by atoms with E-state index in [0.717, 1.165) is 37.0 Å². The van der Waals surface area contributed by atoms with Crippen molar-refractivity contribution < 1.29 is 38.1 Å². The Kier molecular flexibility index (Phi) is 44.7. The average molecular weight is 1130 g/mol. The highest BCUT2D eigenvalue weighted by Crippen LogP contribution is 2.29. The molecule has 452 valence electrons. The van der Waals surface area contributed by atoms with Crippen LogP contribution < -0.4 is 25.4 Å².